The molecule has 0 aromatic heterocycles. The van der Waals surface area contributed by atoms with Gasteiger partial charge in [-0.1, -0.05) is 5.92 Å². The predicted octanol–water partition coefficient (Wildman–Crippen LogP) is 0.877. The molecule has 0 rings (SSSR count). The number of hydrogen-bond donors (Lipinski definition) is 0. The van der Waals surface area contributed by atoms with Crippen LogP contribution in [0.5, 0.6) is 0 Å². The molecule has 0 aliphatic heterocycles. The van der Waals surface area contributed by atoms with Gasteiger partial charge in [0.1, 0.15) is 6.61 Å². The number of ether oxygens (including phenoxy) is 1. The number of methoxy groups -OCH3 is 1. The highest BCUT2D eigenvalue weighted by Crippen LogP contribution is 2.23. The Balaban J connectivity index is 3.65. The highest BCUT2D eigenvalue weighted by molar-refractivity contribution is 7.58. The van der Waals surface area contributed by atoms with Gasteiger partial charge in [0.05, 0.1) is 7.11 Å². The molecule has 1 atom stereocenters. The Kier molecular flexibility index (Phi) is 4.65. The predicted molar refractivity (Wildman–Crippen MR) is 36.2 cm³/mol. The number of carbonyl (C=O) groups is 1. The molecular weight excluding hydrogens is 155 g/mol. The van der Waals surface area contributed by atoms with Gasteiger partial charge in [-0.2, -0.15) is 0 Å². The van der Waals surface area contributed by atoms with Crippen molar-refractivity contribution in [1.29, 1.82) is 0 Å². The Bertz CT molecular complexity index is 181. The molecule has 0 aliphatic carbocycles. The fraction of sp³-hybridized carbons (Fsp3) is 0.400. The van der Waals surface area contributed by atoms with E-state index in [0.717, 1.165) is 7.11 Å². The third-order valence-electron chi connectivity index (χ3n) is 0.639. The quantitative estimate of drug-likeness (QED) is 0.456. The Morgan fingerprint density at radius 1 is 1.80 bits per heavy atom. The van der Waals surface area contributed by atoms with Crippen LogP contribution < -0.4 is 0 Å². The highest BCUT2D eigenvalue weighted by atomic mass is 31.1. The van der Waals surface area contributed by atoms with Crippen molar-refractivity contribution in [3.8, 4) is 12.3 Å². The fourth-order valence-corrected chi connectivity index (χ4v) is 0.748. The molecule has 0 fully saturated rings. The Morgan fingerprint density at radius 3 is 2.80 bits per heavy atom. The van der Waals surface area contributed by atoms with Crippen LogP contribution in [0.3, 0.4) is 0 Å². The lowest BCUT2D eigenvalue weighted by Gasteiger charge is -1.96. The largest absolute Gasteiger partial charge is 0.462 e. The molecule has 10 heavy (non-hydrogen) atoms. The summed E-state index contributed by atoms with van der Waals surface area (Å²) < 4.78 is 19.0. The lowest BCUT2D eigenvalue weighted by atomic mass is 10.8. The zero-order chi connectivity index (χ0) is 7.98. The monoisotopic (exact) mass is 162 g/mol. The maximum atomic E-state index is 10.5. The van der Waals surface area contributed by atoms with Crippen LogP contribution >= 0.6 is 8.03 Å². The van der Waals surface area contributed by atoms with Crippen molar-refractivity contribution in [2.75, 3.05) is 13.7 Å². The molecule has 0 saturated heterocycles. The molecule has 56 valence electrons. The Hall–Kier alpha value is -0.780. The van der Waals surface area contributed by atoms with Gasteiger partial charge in [-0.15, -0.1) is 6.42 Å². The SMILES string of the molecule is C#CCO[PH](=O)C(=O)OC. The molecule has 0 N–H and O–H groups in total. The van der Waals surface area contributed by atoms with Crippen LogP contribution in [0.25, 0.3) is 0 Å². The van der Waals surface area contributed by atoms with Gasteiger partial charge >= 0.3 is 5.71 Å². The molecule has 0 saturated carbocycles. The first-order chi connectivity index (χ1) is 4.72. The molecule has 4 nitrogen and oxygen atoms in total. The van der Waals surface area contributed by atoms with Crippen LogP contribution in [0.4, 0.5) is 4.79 Å². The van der Waals surface area contributed by atoms with Crippen LogP contribution in [-0.2, 0) is 13.8 Å². The highest BCUT2D eigenvalue weighted by Gasteiger charge is 2.09. The molecule has 5 heteroatoms. The van der Waals surface area contributed by atoms with E-state index in [1.807, 2.05) is 0 Å². The molecule has 0 amide bonds. The summed E-state index contributed by atoms with van der Waals surface area (Å²) in [6.07, 6.45) is 4.77. The van der Waals surface area contributed by atoms with Crippen molar-refractivity contribution in [2.45, 2.75) is 0 Å². The first kappa shape index (κ1) is 9.22. The van der Waals surface area contributed by atoms with Gasteiger partial charge in [0, 0.05) is 0 Å². The van der Waals surface area contributed by atoms with Crippen LogP contribution in [-0.4, -0.2) is 19.4 Å². The Morgan fingerprint density at radius 2 is 2.40 bits per heavy atom. The van der Waals surface area contributed by atoms with E-state index in [9.17, 15) is 9.36 Å². The maximum Gasteiger partial charge on any atom is 0.388 e. The molecule has 0 aliphatic rings. The van der Waals surface area contributed by atoms with E-state index in [0.29, 0.717) is 0 Å². The number of rotatable bonds is 3. The van der Waals surface area contributed by atoms with Gasteiger partial charge in [0.15, 0.2) is 0 Å². The van der Waals surface area contributed by atoms with Gasteiger partial charge in [0.2, 0.25) is 0 Å². The van der Waals surface area contributed by atoms with E-state index in [4.69, 9.17) is 6.42 Å². The second kappa shape index (κ2) is 5.04. The zero-order valence-electron chi connectivity index (χ0n) is 5.42. The third kappa shape index (κ3) is 3.29. The molecule has 0 spiro atoms. The molecule has 0 aromatic carbocycles. The lowest BCUT2D eigenvalue weighted by Crippen LogP contribution is -1.93. The summed E-state index contributed by atoms with van der Waals surface area (Å²) in [4.78, 5) is 10.3. The second-order valence-electron chi connectivity index (χ2n) is 1.27. The normalized spacial score (nSPS) is 11.6. The van der Waals surface area contributed by atoms with Crippen LogP contribution in [0.15, 0.2) is 0 Å². The van der Waals surface area contributed by atoms with E-state index in [2.05, 4.69) is 15.2 Å². The van der Waals surface area contributed by atoms with Crippen molar-refractivity contribution >= 4 is 13.7 Å². The first-order valence-corrected chi connectivity index (χ1v) is 3.72. The van der Waals surface area contributed by atoms with E-state index < -0.39 is 13.7 Å². The Labute approximate surface area is 59.4 Å². The van der Waals surface area contributed by atoms with Gasteiger partial charge < -0.3 is 9.26 Å². The lowest BCUT2D eigenvalue weighted by molar-refractivity contribution is 0.193. The maximum absolute atomic E-state index is 10.5. The zero-order valence-corrected chi connectivity index (χ0v) is 6.42. The third-order valence-corrected chi connectivity index (χ3v) is 1.58. The number of carbonyl (C=O) groups excluding carboxylic acids is 1. The standard InChI is InChI=1S/C5H7O4P/c1-3-4-9-10(7)5(6)8-2/h1,10H,4H2,2H3. The van der Waals surface area contributed by atoms with Gasteiger partial charge in [0.25, 0.3) is 8.03 Å². The van der Waals surface area contributed by atoms with Crippen molar-refractivity contribution in [2.24, 2.45) is 0 Å². The summed E-state index contributed by atoms with van der Waals surface area (Å²) in [5.74, 6) is 2.07. The first-order valence-electron chi connectivity index (χ1n) is 2.41. The average molecular weight is 162 g/mol. The second-order valence-corrected chi connectivity index (χ2v) is 2.54. The summed E-state index contributed by atoms with van der Waals surface area (Å²) >= 11 is 0. The van der Waals surface area contributed by atoms with Crippen LogP contribution in [0.2, 0.25) is 0 Å². The molecule has 0 radical (unpaired) electrons. The van der Waals surface area contributed by atoms with E-state index >= 15 is 0 Å². The summed E-state index contributed by atoms with van der Waals surface area (Å²) in [5, 5.41) is 0. The van der Waals surface area contributed by atoms with Crippen molar-refractivity contribution in [3.63, 3.8) is 0 Å². The topological polar surface area (TPSA) is 52.6 Å². The smallest absolute Gasteiger partial charge is 0.388 e. The minimum atomic E-state index is -2.73. The molecule has 0 bridgehead atoms. The minimum absolute atomic E-state index is 0.132. The summed E-state index contributed by atoms with van der Waals surface area (Å²) in [6.45, 7) is -0.132. The van der Waals surface area contributed by atoms with E-state index in [-0.39, 0.29) is 6.61 Å². The minimum Gasteiger partial charge on any atom is -0.462 e. The van der Waals surface area contributed by atoms with E-state index in [1.54, 1.807) is 0 Å². The summed E-state index contributed by atoms with van der Waals surface area (Å²) in [6, 6.07) is 0. The molecule has 0 aromatic rings. The van der Waals surface area contributed by atoms with Crippen LogP contribution in [0.1, 0.15) is 0 Å². The van der Waals surface area contributed by atoms with Gasteiger partial charge in [-0.05, 0) is 0 Å². The van der Waals surface area contributed by atoms with Crippen molar-refractivity contribution in [3.05, 3.63) is 0 Å². The van der Waals surface area contributed by atoms with Crippen molar-refractivity contribution in [1.82, 2.24) is 0 Å². The number of hydrogen-bond acceptors (Lipinski definition) is 4. The van der Waals surface area contributed by atoms with Gasteiger partial charge in [-0.25, -0.2) is 4.79 Å². The van der Waals surface area contributed by atoms with Crippen LogP contribution in [0, 0.1) is 12.3 Å². The molecule has 0 heterocycles. The fourth-order valence-electron chi connectivity index (χ4n) is 0.249. The van der Waals surface area contributed by atoms with Gasteiger partial charge in [-0.3, -0.25) is 4.57 Å². The number of terminal acetylenes is 1. The average Bonchev–Trinajstić information content (AvgIpc) is 1.98. The van der Waals surface area contributed by atoms with E-state index in [1.165, 1.54) is 0 Å². The molecular formula is C5H7O4P. The summed E-state index contributed by atoms with van der Waals surface area (Å²) in [5.41, 5.74) is -0.861. The molecule has 1 unspecified atom stereocenters. The summed E-state index contributed by atoms with van der Waals surface area (Å²) in [7, 11) is -1.61. The van der Waals surface area contributed by atoms with Crippen molar-refractivity contribution < 1.29 is 18.6 Å².